The summed E-state index contributed by atoms with van der Waals surface area (Å²) in [6.45, 7) is 8.42. The highest BCUT2D eigenvalue weighted by Crippen LogP contribution is 2.32. The van der Waals surface area contributed by atoms with Gasteiger partial charge in [0.25, 0.3) is 5.69 Å². The van der Waals surface area contributed by atoms with Crippen LogP contribution in [0.2, 0.25) is 0 Å². The van der Waals surface area contributed by atoms with Gasteiger partial charge in [0.05, 0.1) is 9.40 Å². The van der Waals surface area contributed by atoms with Crippen molar-refractivity contribution in [2.45, 2.75) is 39.7 Å². The fourth-order valence-corrected chi connectivity index (χ4v) is 2.62. The van der Waals surface area contributed by atoms with E-state index < -0.39 is 4.92 Å². The minimum atomic E-state index is -0.437. The summed E-state index contributed by atoms with van der Waals surface area (Å²) in [5, 5.41) is 14.2. The molecule has 1 aromatic heterocycles. The topological polar surface area (TPSA) is 94.1 Å². The lowest BCUT2D eigenvalue weighted by atomic mass is 9.91. The molecule has 3 N–H and O–H groups in total. The number of hydrogen-bond acceptors (Lipinski definition) is 5. The van der Waals surface area contributed by atoms with Crippen LogP contribution in [-0.4, -0.2) is 22.0 Å². The summed E-state index contributed by atoms with van der Waals surface area (Å²) in [6, 6.07) is 0. The number of nitrogens with one attached hydrogen (secondary N) is 1. The lowest BCUT2D eigenvalue weighted by Crippen LogP contribution is -2.44. The van der Waals surface area contributed by atoms with Crippen molar-refractivity contribution < 1.29 is 4.92 Å². The van der Waals surface area contributed by atoms with E-state index in [0.29, 0.717) is 28.3 Å². The van der Waals surface area contributed by atoms with Gasteiger partial charge < -0.3 is 11.1 Å². The molecule has 1 rings (SSSR count). The number of aromatic nitrogens is 1. The molecule has 0 aliphatic rings. The highest BCUT2D eigenvalue weighted by atomic mass is 79.9. The molecule has 0 saturated carbocycles. The fraction of sp³-hybridized carbons (Fsp3) is 0.615. The summed E-state index contributed by atoms with van der Waals surface area (Å²) in [7, 11) is 0. The fourth-order valence-electron chi connectivity index (χ4n) is 2.21. The number of anilines is 1. The van der Waals surface area contributed by atoms with Crippen LogP contribution in [0.5, 0.6) is 0 Å². The van der Waals surface area contributed by atoms with Crippen molar-refractivity contribution in [1.82, 2.24) is 4.98 Å². The maximum absolute atomic E-state index is 10.9. The first kappa shape index (κ1) is 16.8. The largest absolute Gasteiger partial charge is 0.363 e. The van der Waals surface area contributed by atoms with E-state index in [9.17, 15) is 10.1 Å². The van der Waals surface area contributed by atoms with Gasteiger partial charge >= 0.3 is 0 Å². The van der Waals surface area contributed by atoms with Gasteiger partial charge in [-0.1, -0.05) is 13.8 Å². The second-order valence-corrected chi connectivity index (χ2v) is 6.47. The van der Waals surface area contributed by atoms with Gasteiger partial charge in [-0.2, -0.15) is 0 Å². The first-order valence-electron chi connectivity index (χ1n) is 6.48. The summed E-state index contributed by atoms with van der Waals surface area (Å²) < 4.78 is 0.607. The van der Waals surface area contributed by atoms with Gasteiger partial charge in [-0.3, -0.25) is 10.1 Å². The number of halogens is 1. The van der Waals surface area contributed by atoms with Crippen molar-refractivity contribution in [3.8, 4) is 0 Å². The predicted octanol–water partition coefficient (Wildman–Crippen LogP) is 3.24. The molecule has 1 aromatic rings. The van der Waals surface area contributed by atoms with Crippen LogP contribution >= 0.6 is 15.9 Å². The van der Waals surface area contributed by atoms with Crippen molar-refractivity contribution in [2.24, 2.45) is 11.7 Å². The summed E-state index contributed by atoms with van der Waals surface area (Å²) >= 11 is 3.38. The minimum absolute atomic E-state index is 0.000682. The average molecular weight is 345 g/mol. The molecule has 0 amide bonds. The van der Waals surface area contributed by atoms with E-state index in [1.807, 2.05) is 6.92 Å². The molecule has 0 aliphatic carbocycles. The van der Waals surface area contributed by atoms with Gasteiger partial charge in [-0.15, -0.1) is 0 Å². The van der Waals surface area contributed by atoms with Gasteiger partial charge in [-0.25, -0.2) is 4.98 Å². The lowest BCUT2D eigenvalue weighted by molar-refractivity contribution is -0.385. The summed E-state index contributed by atoms with van der Waals surface area (Å²) in [4.78, 5) is 14.6. The molecular formula is C13H21BrN4O2. The maximum Gasteiger partial charge on any atom is 0.291 e. The number of rotatable bonds is 6. The number of nitro groups is 1. The Morgan fingerprint density at radius 1 is 1.60 bits per heavy atom. The number of nitrogens with zero attached hydrogens (tertiary/aromatic N) is 2. The SMILES string of the molecule is Cc1c([N+](=O)[O-])cnc(NC(C)(CN)CC(C)C)c1Br. The third-order valence-corrected chi connectivity index (χ3v) is 4.13. The van der Waals surface area contributed by atoms with Crippen molar-refractivity contribution in [3.05, 3.63) is 26.3 Å². The summed E-state index contributed by atoms with van der Waals surface area (Å²) in [6.07, 6.45) is 2.16. The van der Waals surface area contributed by atoms with Gasteiger partial charge in [0, 0.05) is 17.6 Å². The molecule has 1 atom stereocenters. The van der Waals surface area contributed by atoms with E-state index >= 15 is 0 Å². The predicted molar refractivity (Wildman–Crippen MR) is 83.9 cm³/mol. The zero-order chi connectivity index (χ0) is 15.5. The van der Waals surface area contributed by atoms with Crippen LogP contribution < -0.4 is 11.1 Å². The van der Waals surface area contributed by atoms with Crippen molar-refractivity contribution >= 4 is 27.4 Å². The Kier molecular flexibility index (Phi) is 5.47. The van der Waals surface area contributed by atoms with Crippen LogP contribution in [0.15, 0.2) is 10.7 Å². The standard InChI is InChI=1S/C13H21BrN4O2/c1-8(2)5-13(4,7-15)17-12-11(14)9(3)10(6-16-12)18(19)20/h6,8H,5,7,15H2,1-4H3,(H,16,17). The lowest BCUT2D eigenvalue weighted by Gasteiger charge is -2.32. The number of hydrogen-bond donors (Lipinski definition) is 2. The third kappa shape index (κ3) is 3.89. The molecule has 7 heteroatoms. The van der Waals surface area contributed by atoms with Gasteiger partial charge in [0.15, 0.2) is 0 Å². The number of nitrogens with two attached hydrogens (primary N) is 1. The Morgan fingerprint density at radius 3 is 2.65 bits per heavy atom. The van der Waals surface area contributed by atoms with E-state index in [1.165, 1.54) is 6.20 Å². The van der Waals surface area contributed by atoms with Crippen LogP contribution in [0.1, 0.15) is 32.8 Å². The highest BCUT2D eigenvalue weighted by Gasteiger charge is 2.26. The summed E-state index contributed by atoms with van der Waals surface area (Å²) in [5.74, 6) is 1.07. The molecule has 0 aliphatic heterocycles. The van der Waals surface area contributed by atoms with E-state index in [4.69, 9.17) is 5.73 Å². The molecule has 1 heterocycles. The number of pyridine rings is 1. The Bertz CT molecular complexity index is 507. The first-order chi connectivity index (χ1) is 9.20. The van der Waals surface area contributed by atoms with Crippen molar-refractivity contribution in [2.75, 3.05) is 11.9 Å². The Labute approximate surface area is 127 Å². The minimum Gasteiger partial charge on any atom is -0.363 e. The molecule has 0 saturated heterocycles. The summed E-state index contributed by atoms with van der Waals surface area (Å²) in [5.41, 5.74) is 6.11. The van der Waals surface area contributed by atoms with Gasteiger partial charge in [0.2, 0.25) is 0 Å². The van der Waals surface area contributed by atoms with Crippen molar-refractivity contribution in [1.29, 1.82) is 0 Å². The molecule has 112 valence electrons. The molecule has 1 unspecified atom stereocenters. The van der Waals surface area contributed by atoms with Crippen LogP contribution in [0.25, 0.3) is 0 Å². The Hall–Kier alpha value is -1.21. The van der Waals surface area contributed by atoms with Crippen LogP contribution in [0.4, 0.5) is 11.5 Å². The zero-order valence-electron chi connectivity index (χ0n) is 12.2. The van der Waals surface area contributed by atoms with E-state index in [0.717, 1.165) is 6.42 Å². The molecular weight excluding hydrogens is 324 g/mol. The van der Waals surface area contributed by atoms with Crippen molar-refractivity contribution in [3.63, 3.8) is 0 Å². The highest BCUT2D eigenvalue weighted by molar-refractivity contribution is 9.10. The quantitative estimate of drug-likeness (QED) is 0.610. The first-order valence-corrected chi connectivity index (χ1v) is 7.27. The van der Waals surface area contributed by atoms with Crippen LogP contribution in [0.3, 0.4) is 0 Å². The van der Waals surface area contributed by atoms with E-state index in [1.54, 1.807) is 6.92 Å². The maximum atomic E-state index is 10.9. The second kappa shape index (κ2) is 6.49. The van der Waals surface area contributed by atoms with E-state index in [2.05, 4.69) is 40.1 Å². The third-order valence-electron chi connectivity index (χ3n) is 3.16. The Balaban J connectivity index is 3.09. The molecule has 20 heavy (non-hydrogen) atoms. The van der Waals surface area contributed by atoms with Gasteiger partial charge in [0.1, 0.15) is 12.0 Å². The molecule has 0 radical (unpaired) electrons. The van der Waals surface area contributed by atoms with E-state index in [-0.39, 0.29) is 11.2 Å². The molecule has 0 fully saturated rings. The molecule has 6 nitrogen and oxygen atoms in total. The average Bonchev–Trinajstić information content (AvgIpc) is 2.34. The van der Waals surface area contributed by atoms with Crippen LogP contribution in [-0.2, 0) is 0 Å². The molecule has 0 bridgehead atoms. The normalized spacial score (nSPS) is 14.2. The Morgan fingerprint density at radius 2 is 2.20 bits per heavy atom. The van der Waals surface area contributed by atoms with Crippen LogP contribution in [0, 0.1) is 23.0 Å². The van der Waals surface area contributed by atoms with Gasteiger partial charge in [-0.05, 0) is 42.1 Å². The monoisotopic (exact) mass is 344 g/mol. The zero-order valence-corrected chi connectivity index (χ0v) is 13.8. The second-order valence-electron chi connectivity index (χ2n) is 5.68. The smallest absolute Gasteiger partial charge is 0.291 e. The molecule has 0 spiro atoms. The molecule has 0 aromatic carbocycles.